The van der Waals surface area contributed by atoms with Crippen LogP contribution in [0.5, 0.6) is 0 Å². The first-order valence-corrected chi connectivity index (χ1v) is 7.46. The maximum absolute atomic E-state index is 13.2. The predicted octanol–water partition coefficient (Wildman–Crippen LogP) is 2.58. The second kappa shape index (κ2) is 7.79. The fourth-order valence-electron chi connectivity index (χ4n) is 2.12. The van der Waals surface area contributed by atoms with Gasteiger partial charge in [-0.15, -0.1) is 0 Å². The number of halogens is 2. The first-order valence-electron chi connectivity index (χ1n) is 7.09. The summed E-state index contributed by atoms with van der Waals surface area (Å²) in [5, 5.41) is 3.14. The minimum Gasteiger partial charge on any atom is -0.467 e. The topological polar surface area (TPSA) is 81.4 Å². The maximum Gasteiger partial charge on any atom is 0.328 e. The molecule has 0 radical (unpaired) electrons. The summed E-state index contributed by atoms with van der Waals surface area (Å²) in [6, 6.07) is 9.58. The van der Waals surface area contributed by atoms with E-state index in [4.69, 9.17) is 22.1 Å². The monoisotopic (exact) mass is 350 g/mol. The van der Waals surface area contributed by atoms with Crippen molar-refractivity contribution in [2.75, 3.05) is 12.8 Å². The summed E-state index contributed by atoms with van der Waals surface area (Å²) in [5.74, 6) is -1.75. The van der Waals surface area contributed by atoms with Gasteiger partial charge in [-0.25, -0.2) is 9.18 Å². The van der Waals surface area contributed by atoms with Gasteiger partial charge < -0.3 is 15.8 Å². The van der Waals surface area contributed by atoms with E-state index in [0.29, 0.717) is 5.02 Å². The smallest absolute Gasteiger partial charge is 0.328 e. The molecule has 1 atom stereocenters. The van der Waals surface area contributed by atoms with Crippen LogP contribution in [0.2, 0.25) is 5.02 Å². The lowest BCUT2D eigenvalue weighted by atomic mass is 10.1. The van der Waals surface area contributed by atoms with E-state index in [1.54, 1.807) is 24.3 Å². The molecule has 0 aliphatic heterocycles. The number of benzene rings is 2. The fourth-order valence-corrected chi connectivity index (χ4v) is 2.24. The highest BCUT2D eigenvalue weighted by molar-refractivity contribution is 6.30. The summed E-state index contributed by atoms with van der Waals surface area (Å²) in [7, 11) is 1.24. The Morgan fingerprint density at radius 3 is 2.50 bits per heavy atom. The van der Waals surface area contributed by atoms with Gasteiger partial charge in [-0.3, -0.25) is 4.79 Å². The van der Waals surface area contributed by atoms with Gasteiger partial charge in [0.15, 0.2) is 0 Å². The van der Waals surface area contributed by atoms with Crippen LogP contribution >= 0.6 is 11.6 Å². The number of hydrogen-bond donors (Lipinski definition) is 2. The molecule has 0 unspecified atom stereocenters. The number of hydrogen-bond acceptors (Lipinski definition) is 4. The highest BCUT2D eigenvalue weighted by Gasteiger charge is 2.23. The van der Waals surface area contributed by atoms with Crippen molar-refractivity contribution in [2.24, 2.45) is 0 Å². The van der Waals surface area contributed by atoms with Crippen LogP contribution in [-0.4, -0.2) is 25.0 Å². The van der Waals surface area contributed by atoms with Crippen molar-refractivity contribution in [2.45, 2.75) is 12.5 Å². The molecule has 0 aromatic heterocycles. The molecule has 2 aromatic carbocycles. The molecule has 3 N–H and O–H groups in total. The largest absolute Gasteiger partial charge is 0.467 e. The average Bonchev–Trinajstić information content (AvgIpc) is 2.57. The van der Waals surface area contributed by atoms with Gasteiger partial charge in [0.1, 0.15) is 11.9 Å². The number of nitrogens with two attached hydrogens (primary N) is 1. The van der Waals surface area contributed by atoms with Crippen LogP contribution in [0.4, 0.5) is 10.1 Å². The number of carbonyl (C=O) groups excluding carboxylic acids is 2. The van der Waals surface area contributed by atoms with Crippen LogP contribution in [-0.2, 0) is 16.0 Å². The molecule has 0 fully saturated rings. The van der Waals surface area contributed by atoms with E-state index in [9.17, 15) is 14.0 Å². The molecule has 5 nitrogen and oxygen atoms in total. The van der Waals surface area contributed by atoms with Crippen molar-refractivity contribution in [3.05, 3.63) is 64.4 Å². The van der Waals surface area contributed by atoms with E-state index in [0.717, 1.165) is 11.6 Å². The Bertz CT molecular complexity index is 750. The molecule has 0 saturated carbocycles. The quantitative estimate of drug-likeness (QED) is 0.641. The molecule has 0 spiro atoms. The van der Waals surface area contributed by atoms with E-state index in [2.05, 4.69) is 5.32 Å². The Morgan fingerprint density at radius 2 is 1.92 bits per heavy atom. The molecule has 0 bridgehead atoms. The summed E-state index contributed by atoms with van der Waals surface area (Å²) >= 11 is 5.83. The summed E-state index contributed by atoms with van der Waals surface area (Å²) in [4.78, 5) is 24.2. The van der Waals surface area contributed by atoms with E-state index in [1.165, 1.54) is 19.2 Å². The predicted molar refractivity (Wildman–Crippen MR) is 89.2 cm³/mol. The van der Waals surface area contributed by atoms with Gasteiger partial charge >= 0.3 is 5.97 Å². The first-order chi connectivity index (χ1) is 11.4. The number of methoxy groups -OCH3 is 1. The van der Waals surface area contributed by atoms with Crippen molar-refractivity contribution in [3.8, 4) is 0 Å². The molecule has 0 aliphatic carbocycles. The number of rotatable bonds is 5. The van der Waals surface area contributed by atoms with Gasteiger partial charge in [-0.05, 0) is 35.9 Å². The van der Waals surface area contributed by atoms with Gasteiger partial charge in [-0.1, -0.05) is 23.7 Å². The van der Waals surface area contributed by atoms with Crippen molar-refractivity contribution < 1.29 is 18.7 Å². The highest BCUT2D eigenvalue weighted by atomic mass is 35.5. The lowest BCUT2D eigenvalue weighted by Crippen LogP contribution is -2.43. The zero-order valence-electron chi connectivity index (χ0n) is 12.9. The average molecular weight is 351 g/mol. The van der Waals surface area contributed by atoms with Crippen LogP contribution < -0.4 is 11.1 Å². The third-order valence-electron chi connectivity index (χ3n) is 3.40. The highest BCUT2D eigenvalue weighted by Crippen LogP contribution is 2.14. The van der Waals surface area contributed by atoms with Gasteiger partial charge in [-0.2, -0.15) is 0 Å². The number of anilines is 1. The molecule has 2 aromatic rings. The van der Waals surface area contributed by atoms with E-state index >= 15 is 0 Å². The maximum atomic E-state index is 13.2. The second-order valence-corrected chi connectivity index (χ2v) is 5.55. The van der Waals surface area contributed by atoms with Gasteiger partial charge in [0, 0.05) is 17.0 Å². The lowest BCUT2D eigenvalue weighted by Gasteiger charge is -2.17. The van der Waals surface area contributed by atoms with Crippen LogP contribution in [0.25, 0.3) is 0 Å². The zero-order valence-corrected chi connectivity index (χ0v) is 13.6. The van der Waals surface area contributed by atoms with Crippen LogP contribution in [0, 0.1) is 5.82 Å². The number of amides is 1. The summed E-state index contributed by atoms with van der Waals surface area (Å²) < 4.78 is 17.9. The minimum atomic E-state index is -0.894. The Kier molecular flexibility index (Phi) is 5.76. The Morgan fingerprint density at radius 1 is 1.25 bits per heavy atom. The molecule has 7 heteroatoms. The van der Waals surface area contributed by atoms with Crippen molar-refractivity contribution in [1.82, 2.24) is 5.32 Å². The normalized spacial score (nSPS) is 11.6. The number of nitrogens with one attached hydrogen (secondary N) is 1. The second-order valence-electron chi connectivity index (χ2n) is 5.12. The van der Waals surface area contributed by atoms with E-state index < -0.39 is 23.7 Å². The molecule has 126 valence electrons. The minimum absolute atomic E-state index is 0.144. The molecule has 0 aliphatic rings. The number of ether oxygens (including phenoxy) is 1. The summed E-state index contributed by atoms with van der Waals surface area (Å²) in [6.45, 7) is 0. The molecule has 2 rings (SSSR count). The molecule has 0 heterocycles. The molecule has 24 heavy (non-hydrogen) atoms. The zero-order chi connectivity index (χ0) is 17.7. The Labute approximate surface area is 143 Å². The third kappa shape index (κ3) is 4.45. The van der Waals surface area contributed by atoms with Crippen LogP contribution in [0.1, 0.15) is 15.9 Å². The van der Waals surface area contributed by atoms with Crippen LogP contribution in [0.3, 0.4) is 0 Å². The molecule has 0 saturated heterocycles. The SMILES string of the molecule is COC(=O)[C@@H](Cc1ccc(Cl)cc1)NC(=O)c1ccc(F)c(N)c1. The molecule has 1 amide bonds. The van der Waals surface area contributed by atoms with Gasteiger partial charge in [0.2, 0.25) is 0 Å². The van der Waals surface area contributed by atoms with E-state index in [1.807, 2.05) is 0 Å². The Balaban J connectivity index is 2.15. The van der Waals surface area contributed by atoms with Crippen molar-refractivity contribution in [1.29, 1.82) is 0 Å². The van der Waals surface area contributed by atoms with Gasteiger partial charge in [0.25, 0.3) is 5.91 Å². The van der Waals surface area contributed by atoms with E-state index in [-0.39, 0.29) is 17.7 Å². The first kappa shape index (κ1) is 17.7. The summed E-state index contributed by atoms with van der Waals surface area (Å²) in [6.07, 6.45) is 0.228. The fraction of sp³-hybridized carbons (Fsp3) is 0.176. The standard InChI is InChI=1S/C17H16ClFN2O3/c1-24-17(23)15(8-10-2-5-12(18)6-3-10)21-16(22)11-4-7-13(19)14(20)9-11/h2-7,9,15H,8,20H2,1H3,(H,21,22)/t15-/m1/s1. The summed E-state index contributed by atoms with van der Waals surface area (Å²) in [5.41, 5.74) is 6.26. The number of nitrogen functional groups attached to an aromatic ring is 1. The van der Waals surface area contributed by atoms with Crippen molar-refractivity contribution in [3.63, 3.8) is 0 Å². The number of esters is 1. The lowest BCUT2D eigenvalue weighted by molar-refractivity contribution is -0.142. The number of carbonyl (C=O) groups is 2. The molecular formula is C17H16ClFN2O3. The molecular weight excluding hydrogens is 335 g/mol. The van der Waals surface area contributed by atoms with Gasteiger partial charge in [0.05, 0.1) is 12.8 Å². The third-order valence-corrected chi connectivity index (χ3v) is 3.65. The van der Waals surface area contributed by atoms with Crippen molar-refractivity contribution >= 4 is 29.2 Å². The van der Waals surface area contributed by atoms with Crippen LogP contribution in [0.15, 0.2) is 42.5 Å². The Hall–Kier alpha value is -2.60.